The third kappa shape index (κ3) is 4.40. The minimum Gasteiger partial charge on any atom is -0.493 e. The van der Waals surface area contributed by atoms with Crippen LogP contribution < -0.4 is 4.74 Å². The van der Waals surface area contributed by atoms with Crippen molar-refractivity contribution < 1.29 is 4.74 Å². The molecule has 0 aliphatic rings. The van der Waals surface area contributed by atoms with Crippen molar-refractivity contribution in [3.05, 3.63) is 47.0 Å². The Labute approximate surface area is 146 Å². The highest BCUT2D eigenvalue weighted by atomic mass is 16.5. The topological polar surface area (TPSA) is 37.9 Å². The van der Waals surface area contributed by atoms with Gasteiger partial charge in [0, 0.05) is 11.6 Å². The first kappa shape index (κ1) is 18.6. The number of aromatic amines is 1. The van der Waals surface area contributed by atoms with E-state index >= 15 is 0 Å². The first-order valence-corrected chi connectivity index (χ1v) is 9.12. The van der Waals surface area contributed by atoms with E-state index in [1.165, 1.54) is 17.0 Å². The van der Waals surface area contributed by atoms with E-state index in [1.807, 2.05) is 0 Å². The van der Waals surface area contributed by atoms with Gasteiger partial charge in [-0.2, -0.15) is 0 Å². The molecule has 1 heterocycles. The molecular formula is C21H32N2O. The summed E-state index contributed by atoms with van der Waals surface area (Å²) in [7, 11) is 0. The minimum atomic E-state index is 0.236. The molecule has 2 rings (SSSR count). The fourth-order valence-corrected chi connectivity index (χ4v) is 2.78. The van der Waals surface area contributed by atoms with Gasteiger partial charge in [0.2, 0.25) is 0 Å². The van der Waals surface area contributed by atoms with Crippen LogP contribution in [0.4, 0.5) is 0 Å². The number of nitrogens with zero attached hydrogens (tertiary/aromatic N) is 1. The molecule has 3 nitrogen and oxygen atoms in total. The first-order chi connectivity index (χ1) is 11.3. The van der Waals surface area contributed by atoms with Crippen LogP contribution in [0.15, 0.2) is 24.3 Å². The number of ether oxygens (including phenoxy) is 1. The van der Waals surface area contributed by atoms with E-state index in [4.69, 9.17) is 9.72 Å². The number of rotatable bonds is 7. The predicted molar refractivity (Wildman–Crippen MR) is 101 cm³/mol. The van der Waals surface area contributed by atoms with E-state index in [1.54, 1.807) is 0 Å². The third-order valence-electron chi connectivity index (χ3n) is 4.42. The summed E-state index contributed by atoms with van der Waals surface area (Å²) in [5.74, 6) is 3.63. The van der Waals surface area contributed by atoms with Gasteiger partial charge in [-0.15, -0.1) is 0 Å². The van der Waals surface area contributed by atoms with E-state index in [-0.39, 0.29) is 5.92 Å². The Morgan fingerprint density at radius 1 is 0.875 bits per heavy atom. The average Bonchev–Trinajstić information content (AvgIpc) is 2.99. The van der Waals surface area contributed by atoms with Crippen LogP contribution in [0.3, 0.4) is 0 Å². The van der Waals surface area contributed by atoms with Gasteiger partial charge in [0.15, 0.2) is 0 Å². The molecule has 0 saturated heterocycles. The van der Waals surface area contributed by atoms with Gasteiger partial charge < -0.3 is 9.72 Å². The van der Waals surface area contributed by atoms with Gasteiger partial charge >= 0.3 is 0 Å². The molecule has 0 fully saturated rings. The quantitative estimate of drug-likeness (QED) is 0.680. The summed E-state index contributed by atoms with van der Waals surface area (Å²) in [6.45, 7) is 16.0. The highest BCUT2D eigenvalue weighted by Gasteiger charge is 2.19. The lowest BCUT2D eigenvalue weighted by atomic mass is 10.0. The van der Waals surface area contributed by atoms with Crippen molar-refractivity contribution in [2.45, 2.75) is 72.1 Å². The second kappa shape index (κ2) is 7.87. The standard InChI is InChI=1S/C21H32N2O/c1-13(2)17-8-10-18(11-9-17)24-12-16(7)21-22-19(14(3)4)20(23-21)15(5)6/h8-11,13-16H,12H2,1-7H3,(H,22,23). The lowest BCUT2D eigenvalue weighted by Gasteiger charge is -2.12. The van der Waals surface area contributed by atoms with Crippen molar-refractivity contribution in [2.75, 3.05) is 6.61 Å². The number of aromatic nitrogens is 2. The molecule has 132 valence electrons. The number of hydrogen-bond acceptors (Lipinski definition) is 2. The Morgan fingerprint density at radius 3 is 1.96 bits per heavy atom. The zero-order chi connectivity index (χ0) is 17.9. The Morgan fingerprint density at radius 2 is 1.50 bits per heavy atom. The van der Waals surface area contributed by atoms with Gasteiger partial charge in [0.05, 0.1) is 12.3 Å². The van der Waals surface area contributed by atoms with Crippen molar-refractivity contribution in [3.8, 4) is 5.75 Å². The molecule has 0 radical (unpaired) electrons. The second-order valence-corrected chi connectivity index (χ2v) is 7.67. The van der Waals surface area contributed by atoms with Gasteiger partial charge in [0.1, 0.15) is 11.6 Å². The summed E-state index contributed by atoms with van der Waals surface area (Å²) in [4.78, 5) is 8.38. The maximum absolute atomic E-state index is 5.97. The van der Waals surface area contributed by atoms with Crippen LogP contribution in [-0.2, 0) is 0 Å². The SMILES string of the molecule is CC(C)c1ccc(OCC(C)c2nc(C(C)C)c(C(C)C)[nH]2)cc1. The fraction of sp³-hybridized carbons (Fsp3) is 0.571. The molecule has 1 unspecified atom stereocenters. The lowest BCUT2D eigenvalue weighted by Crippen LogP contribution is -2.09. The van der Waals surface area contributed by atoms with E-state index in [9.17, 15) is 0 Å². The molecule has 24 heavy (non-hydrogen) atoms. The zero-order valence-corrected chi connectivity index (χ0v) is 16.2. The molecule has 0 aliphatic heterocycles. The Hall–Kier alpha value is -1.77. The van der Waals surface area contributed by atoms with Gasteiger partial charge in [0.25, 0.3) is 0 Å². The number of benzene rings is 1. The largest absolute Gasteiger partial charge is 0.493 e. The van der Waals surface area contributed by atoms with E-state index in [2.05, 4.69) is 77.7 Å². The molecule has 0 saturated carbocycles. The number of imidazole rings is 1. The Bertz CT molecular complexity index is 613. The predicted octanol–water partition coefficient (Wildman–Crippen LogP) is 5.96. The van der Waals surface area contributed by atoms with Crippen LogP contribution in [0.5, 0.6) is 5.75 Å². The molecule has 1 aromatic carbocycles. The summed E-state index contributed by atoms with van der Waals surface area (Å²) in [6.07, 6.45) is 0. The van der Waals surface area contributed by atoms with Crippen LogP contribution >= 0.6 is 0 Å². The van der Waals surface area contributed by atoms with E-state index in [0.29, 0.717) is 24.4 Å². The number of hydrogen-bond donors (Lipinski definition) is 1. The van der Waals surface area contributed by atoms with Crippen LogP contribution in [0, 0.1) is 0 Å². The summed E-state index contributed by atoms with van der Waals surface area (Å²) in [6, 6.07) is 8.41. The molecule has 2 aromatic rings. The summed E-state index contributed by atoms with van der Waals surface area (Å²) in [5.41, 5.74) is 3.78. The molecule has 0 bridgehead atoms. The van der Waals surface area contributed by atoms with Crippen LogP contribution in [0.1, 0.15) is 94.9 Å². The van der Waals surface area contributed by atoms with Crippen molar-refractivity contribution in [1.29, 1.82) is 0 Å². The van der Waals surface area contributed by atoms with Gasteiger partial charge in [-0.1, -0.05) is 60.6 Å². The summed E-state index contributed by atoms with van der Waals surface area (Å²) in [5, 5.41) is 0. The monoisotopic (exact) mass is 328 g/mol. The summed E-state index contributed by atoms with van der Waals surface area (Å²) < 4.78 is 5.97. The van der Waals surface area contributed by atoms with Crippen molar-refractivity contribution >= 4 is 0 Å². The minimum absolute atomic E-state index is 0.236. The van der Waals surface area contributed by atoms with Crippen LogP contribution in [0.25, 0.3) is 0 Å². The molecule has 0 aliphatic carbocycles. The van der Waals surface area contributed by atoms with Crippen LogP contribution in [0.2, 0.25) is 0 Å². The van der Waals surface area contributed by atoms with Crippen molar-refractivity contribution in [3.63, 3.8) is 0 Å². The molecule has 3 heteroatoms. The fourth-order valence-electron chi connectivity index (χ4n) is 2.78. The van der Waals surface area contributed by atoms with Gasteiger partial charge in [-0.05, 0) is 35.4 Å². The first-order valence-electron chi connectivity index (χ1n) is 9.12. The van der Waals surface area contributed by atoms with E-state index < -0.39 is 0 Å². The molecule has 0 amide bonds. The van der Waals surface area contributed by atoms with Crippen LogP contribution in [-0.4, -0.2) is 16.6 Å². The number of nitrogens with one attached hydrogen (secondary N) is 1. The second-order valence-electron chi connectivity index (χ2n) is 7.67. The molecule has 1 atom stereocenters. The Balaban J connectivity index is 2.04. The average molecular weight is 328 g/mol. The van der Waals surface area contributed by atoms with Gasteiger partial charge in [-0.25, -0.2) is 4.98 Å². The molecular weight excluding hydrogens is 296 g/mol. The summed E-state index contributed by atoms with van der Waals surface area (Å²) >= 11 is 0. The highest BCUT2D eigenvalue weighted by molar-refractivity contribution is 5.29. The van der Waals surface area contributed by atoms with E-state index in [0.717, 1.165) is 11.6 Å². The zero-order valence-electron chi connectivity index (χ0n) is 16.2. The normalized spacial score (nSPS) is 13.1. The molecule has 1 N–H and O–H groups in total. The van der Waals surface area contributed by atoms with Gasteiger partial charge in [-0.3, -0.25) is 0 Å². The lowest BCUT2D eigenvalue weighted by molar-refractivity contribution is 0.291. The molecule has 0 spiro atoms. The van der Waals surface area contributed by atoms with Crippen molar-refractivity contribution in [1.82, 2.24) is 9.97 Å². The maximum Gasteiger partial charge on any atom is 0.119 e. The maximum atomic E-state index is 5.97. The molecule has 1 aromatic heterocycles. The Kier molecular flexibility index (Phi) is 6.09. The smallest absolute Gasteiger partial charge is 0.119 e. The third-order valence-corrected chi connectivity index (χ3v) is 4.42. The highest BCUT2D eigenvalue weighted by Crippen LogP contribution is 2.27. The number of H-pyrrole nitrogens is 1. The van der Waals surface area contributed by atoms with Crippen molar-refractivity contribution in [2.24, 2.45) is 0 Å².